The minimum absolute atomic E-state index is 0.155. The van der Waals surface area contributed by atoms with E-state index in [9.17, 15) is 0 Å². The number of nitrogens with one attached hydrogen (secondary N) is 1. The van der Waals surface area contributed by atoms with Crippen molar-refractivity contribution in [1.29, 1.82) is 0 Å². The molecule has 0 unspecified atom stereocenters. The van der Waals surface area contributed by atoms with Crippen LogP contribution in [0.1, 0.15) is 74.8 Å². The quantitative estimate of drug-likeness (QED) is 0.587. The van der Waals surface area contributed by atoms with Gasteiger partial charge < -0.3 is 10.2 Å². The summed E-state index contributed by atoms with van der Waals surface area (Å²) in [6.07, 6.45) is 0. The van der Waals surface area contributed by atoms with Gasteiger partial charge >= 0.3 is 0 Å². The van der Waals surface area contributed by atoms with Gasteiger partial charge in [-0.05, 0) is 98.3 Å². The van der Waals surface area contributed by atoms with Gasteiger partial charge in [0.15, 0.2) is 0 Å². The lowest BCUT2D eigenvalue weighted by Gasteiger charge is -2.57. The number of aryl methyl sites for hydroxylation is 4. The van der Waals surface area contributed by atoms with Crippen molar-refractivity contribution < 1.29 is 4.11 Å². The predicted molar refractivity (Wildman–Crippen MR) is 126 cm³/mol. The molecule has 0 saturated heterocycles. The molecule has 0 fully saturated rings. The summed E-state index contributed by atoms with van der Waals surface area (Å²) >= 11 is 0. The van der Waals surface area contributed by atoms with Crippen molar-refractivity contribution in [2.24, 2.45) is 0 Å². The van der Waals surface area contributed by atoms with E-state index in [0.29, 0.717) is 11.3 Å². The van der Waals surface area contributed by atoms with Gasteiger partial charge in [-0.3, -0.25) is 0 Å². The van der Waals surface area contributed by atoms with Crippen LogP contribution < -0.4 is 10.2 Å². The average molecular weight is 384 g/mol. The molecule has 1 N–H and O–H groups in total. The molecule has 2 heteroatoms. The number of benzene rings is 2. The van der Waals surface area contributed by atoms with E-state index in [1.165, 1.54) is 16.8 Å². The van der Waals surface area contributed by atoms with Gasteiger partial charge in [0.2, 0.25) is 0 Å². The number of anilines is 2. The summed E-state index contributed by atoms with van der Waals surface area (Å²) in [6, 6.07) is 11.9. The second-order valence-electron chi connectivity index (χ2n) is 10.1. The number of hydrogen-bond donors (Lipinski definition) is 1. The van der Waals surface area contributed by atoms with Crippen LogP contribution in [-0.2, 0) is 0 Å². The fourth-order valence-corrected chi connectivity index (χ4v) is 4.19. The second kappa shape index (κ2) is 7.46. The molecule has 2 aromatic rings. The molecule has 0 aliphatic carbocycles. The number of para-hydroxylation sites is 2. The summed E-state index contributed by atoms with van der Waals surface area (Å²) in [7, 11) is 0. The normalized spacial score (nSPS) is 14.9. The molecule has 2 nitrogen and oxygen atoms in total. The van der Waals surface area contributed by atoms with Gasteiger partial charge in [0, 0.05) is 21.0 Å². The zero-order valence-electron chi connectivity index (χ0n) is 22.4. The molecule has 0 spiro atoms. The monoisotopic (exact) mass is 383 g/mol. The van der Waals surface area contributed by atoms with Crippen molar-refractivity contribution in [3.8, 4) is 0 Å². The van der Waals surface area contributed by atoms with E-state index in [1.807, 2.05) is 19.1 Å². The summed E-state index contributed by atoms with van der Waals surface area (Å²) in [6.45, 7) is 19.6. The fraction of sp³-hybridized carbons (Fsp3) is 0.538. The van der Waals surface area contributed by atoms with Crippen LogP contribution in [0, 0.1) is 27.6 Å². The molecule has 0 saturated carbocycles. The maximum Gasteiger partial charge on any atom is 0.0575 e. The van der Waals surface area contributed by atoms with Crippen molar-refractivity contribution in [3.63, 3.8) is 0 Å². The number of nitrogens with zero attached hydrogens (tertiary/aromatic N) is 1. The number of hydrogen-bond acceptors (Lipinski definition) is 2. The lowest BCUT2D eigenvalue weighted by atomic mass is 9.77. The van der Waals surface area contributed by atoms with E-state index in [1.54, 1.807) is 6.07 Å². The molecule has 2 rings (SSSR count). The first-order chi connectivity index (χ1) is 13.9. The van der Waals surface area contributed by atoms with Crippen LogP contribution in [-0.4, -0.2) is 16.6 Å². The summed E-state index contributed by atoms with van der Waals surface area (Å²) in [4.78, 5) is 2.49. The molecule has 2 aromatic carbocycles. The highest BCUT2D eigenvalue weighted by atomic mass is 15.3. The second-order valence-corrected chi connectivity index (χ2v) is 10.1. The van der Waals surface area contributed by atoms with Gasteiger partial charge in [0.1, 0.15) is 0 Å². The van der Waals surface area contributed by atoms with Crippen molar-refractivity contribution in [2.75, 3.05) is 10.2 Å². The van der Waals surface area contributed by atoms with E-state index in [2.05, 4.69) is 90.7 Å². The number of rotatable bonds is 5. The largest absolute Gasteiger partial charge is 0.377 e. The first-order valence-corrected chi connectivity index (χ1v) is 10.2. The van der Waals surface area contributed by atoms with Crippen molar-refractivity contribution in [3.05, 3.63) is 58.7 Å². The van der Waals surface area contributed by atoms with Crippen LogP contribution in [0.2, 0.25) is 0 Å². The third-order valence-electron chi connectivity index (χ3n) is 6.13. The molecule has 0 atom stereocenters. The summed E-state index contributed by atoms with van der Waals surface area (Å²) in [5, 5.41) is 3.66. The Labute approximate surface area is 177 Å². The smallest absolute Gasteiger partial charge is 0.0575 e. The minimum Gasteiger partial charge on any atom is -0.377 e. The zero-order valence-corrected chi connectivity index (χ0v) is 19.4. The van der Waals surface area contributed by atoms with Crippen molar-refractivity contribution >= 4 is 11.4 Å². The van der Waals surface area contributed by atoms with E-state index in [0.717, 1.165) is 5.56 Å². The molecule has 28 heavy (non-hydrogen) atoms. The van der Waals surface area contributed by atoms with Gasteiger partial charge in [0.05, 0.1) is 11.1 Å². The van der Waals surface area contributed by atoms with Gasteiger partial charge in [-0.15, -0.1) is 0 Å². The zero-order chi connectivity index (χ0) is 24.0. The van der Waals surface area contributed by atoms with Crippen LogP contribution in [0.4, 0.5) is 11.4 Å². The molecule has 154 valence electrons. The molecular formula is C26H40N2. The maximum atomic E-state index is 8.03. The highest BCUT2D eigenvalue weighted by Crippen LogP contribution is 2.42. The Bertz CT molecular complexity index is 914. The van der Waals surface area contributed by atoms with Crippen LogP contribution >= 0.6 is 0 Å². The molecule has 0 heterocycles. The third-order valence-corrected chi connectivity index (χ3v) is 6.13. The summed E-state index contributed by atoms with van der Waals surface area (Å²) in [5.74, 6) is 0. The Morgan fingerprint density at radius 1 is 0.750 bits per heavy atom. The average Bonchev–Trinajstić information content (AvgIpc) is 2.57. The first kappa shape index (κ1) is 18.1. The Balaban J connectivity index is 2.67. The first-order valence-electron chi connectivity index (χ1n) is 11.7. The van der Waals surface area contributed by atoms with E-state index in [-0.39, 0.29) is 11.1 Å². The van der Waals surface area contributed by atoms with Gasteiger partial charge in [-0.1, -0.05) is 36.4 Å². The van der Waals surface area contributed by atoms with Gasteiger partial charge in [0.25, 0.3) is 0 Å². The molecular weight excluding hydrogens is 340 g/mol. The van der Waals surface area contributed by atoms with E-state index in [4.69, 9.17) is 4.11 Å². The Morgan fingerprint density at radius 3 is 1.68 bits per heavy atom. The minimum atomic E-state index is -2.18. The fourth-order valence-electron chi connectivity index (χ4n) is 4.19. The summed E-state index contributed by atoms with van der Waals surface area (Å²) in [5.41, 5.74) is 4.73. The van der Waals surface area contributed by atoms with Crippen LogP contribution in [0.3, 0.4) is 0 Å². The predicted octanol–water partition coefficient (Wildman–Crippen LogP) is 7.19. The Morgan fingerprint density at radius 2 is 1.21 bits per heavy atom. The van der Waals surface area contributed by atoms with Crippen LogP contribution in [0.5, 0.6) is 0 Å². The molecule has 0 amide bonds. The van der Waals surface area contributed by atoms with E-state index < -0.39 is 12.4 Å². The maximum absolute atomic E-state index is 8.03. The Hall–Kier alpha value is -1.96. The van der Waals surface area contributed by atoms with Gasteiger partial charge in [-0.25, -0.2) is 0 Å². The lowest BCUT2D eigenvalue weighted by Crippen LogP contribution is -2.67. The van der Waals surface area contributed by atoms with Crippen LogP contribution in [0.15, 0.2) is 36.4 Å². The summed E-state index contributed by atoms with van der Waals surface area (Å²) < 4.78 is 24.1. The molecule has 0 radical (unpaired) electrons. The SMILES string of the molecule is [2H]C([2H])([2H])c1cccc(C)c1NC(C)(C)C(C)(C)N(c1c(C)cccc1C)C(C)(C)C. The topological polar surface area (TPSA) is 15.3 Å². The highest BCUT2D eigenvalue weighted by molar-refractivity contribution is 5.64. The van der Waals surface area contributed by atoms with Crippen molar-refractivity contribution in [2.45, 2.75) is 92.7 Å². The molecule has 0 aromatic heterocycles. The van der Waals surface area contributed by atoms with Crippen molar-refractivity contribution in [1.82, 2.24) is 0 Å². The van der Waals surface area contributed by atoms with E-state index >= 15 is 0 Å². The molecule has 0 bridgehead atoms. The molecule has 0 aliphatic rings. The lowest BCUT2D eigenvalue weighted by molar-refractivity contribution is 0.260. The van der Waals surface area contributed by atoms with Crippen LogP contribution in [0.25, 0.3) is 0 Å². The third kappa shape index (κ3) is 4.06. The van der Waals surface area contributed by atoms with Gasteiger partial charge in [-0.2, -0.15) is 0 Å². The molecule has 0 aliphatic heterocycles. The Kier molecular flexibility index (Phi) is 4.82. The standard InChI is InChI=1S/C26H40N2/c1-18-14-12-15-19(2)22(18)27-25(8,9)26(10,11)28(24(5,6)7)23-20(3)16-13-17-21(23)4/h12-17,27H,1-11H3/i1D3. The highest BCUT2D eigenvalue weighted by Gasteiger charge is 2.47.